The van der Waals surface area contributed by atoms with Gasteiger partial charge >= 0.3 is 0 Å². The number of hydrazone groups is 1. The average molecular weight is 363 g/mol. The number of halogens is 2. The van der Waals surface area contributed by atoms with E-state index in [0.717, 1.165) is 5.56 Å². The van der Waals surface area contributed by atoms with Crippen LogP contribution in [0, 0.1) is 0 Å². The van der Waals surface area contributed by atoms with Crippen LogP contribution < -0.4 is 5.43 Å². The molecule has 2 aromatic rings. The Morgan fingerprint density at radius 2 is 1.67 bits per heavy atom. The minimum atomic E-state index is -0.264. The van der Waals surface area contributed by atoms with E-state index in [-0.39, 0.29) is 11.3 Å². The molecule has 1 N–H and O–H groups in total. The smallest absolute Gasteiger partial charge is 0.267 e. The number of hydrogen-bond donors (Lipinski definition) is 1. The fourth-order valence-corrected chi connectivity index (χ4v) is 2.71. The standard InChI is InChI=1S/C19H20Cl2N2O/c1-12(16-10-9-15(20)11-17(16)21)22-23-18(24)13-5-7-14(8-6-13)19(2,3)4/h5-11H,1-4H3,(H,23,24)/b22-12-. The Morgan fingerprint density at radius 3 is 2.21 bits per heavy atom. The predicted octanol–water partition coefficient (Wildman–Crippen LogP) is 5.44. The Bertz CT molecular complexity index is 775. The van der Waals surface area contributed by atoms with Crippen LogP contribution in [0.15, 0.2) is 47.6 Å². The number of benzene rings is 2. The molecule has 0 bridgehead atoms. The molecule has 2 aromatic carbocycles. The second-order valence-electron chi connectivity index (χ2n) is 6.59. The van der Waals surface area contributed by atoms with E-state index in [1.807, 2.05) is 12.1 Å². The van der Waals surface area contributed by atoms with E-state index in [2.05, 4.69) is 31.3 Å². The first-order valence-electron chi connectivity index (χ1n) is 7.59. The summed E-state index contributed by atoms with van der Waals surface area (Å²) in [5.41, 5.74) is 5.67. The van der Waals surface area contributed by atoms with Crippen LogP contribution in [-0.4, -0.2) is 11.6 Å². The number of hydrogen-bond acceptors (Lipinski definition) is 2. The Balaban J connectivity index is 2.11. The van der Waals surface area contributed by atoms with Crippen molar-refractivity contribution in [3.8, 4) is 0 Å². The van der Waals surface area contributed by atoms with Gasteiger partial charge in [-0.3, -0.25) is 4.79 Å². The largest absolute Gasteiger partial charge is 0.271 e. The van der Waals surface area contributed by atoms with Gasteiger partial charge in [-0.2, -0.15) is 5.10 Å². The molecular formula is C19H20Cl2N2O. The van der Waals surface area contributed by atoms with Crippen LogP contribution in [0.5, 0.6) is 0 Å². The number of rotatable bonds is 3. The third kappa shape index (κ3) is 4.59. The Morgan fingerprint density at radius 1 is 1.04 bits per heavy atom. The minimum absolute atomic E-state index is 0.0507. The highest BCUT2D eigenvalue weighted by Crippen LogP contribution is 2.23. The van der Waals surface area contributed by atoms with Gasteiger partial charge in [0, 0.05) is 16.1 Å². The molecule has 0 spiro atoms. The maximum atomic E-state index is 12.2. The van der Waals surface area contributed by atoms with Gasteiger partial charge in [0.15, 0.2) is 0 Å². The van der Waals surface area contributed by atoms with Crippen molar-refractivity contribution in [2.45, 2.75) is 33.1 Å². The minimum Gasteiger partial charge on any atom is -0.267 e. The van der Waals surface area contributed by atoms with Crippen LogP contribution in [0.4, 0.5) is 0 Å². The van der Waals surface area contributed by atoms with Crippen molar-refractivity contribution >= 4 is 34.8 Å². The molecule has 0 aliphatic heterocycles. The molecule has 3 nitrogen and oxygen atoms in total. The molecule has 1 amide bonds. The Kier molecular flexibility index (Phi) is 5.68. The van der Waals surface area contributed by atoms with E-state index in [1.54, 1.807) is 37.3 Å². The number of nitrogens with zero attached hydrogens (tertiary/aromatic N) is 1. The van der Waals surface area contributed by atoms with Gasteiger partial charge in [0.1, 0.15) is 0 Å². The van der Waals surface area contributed by atoms with Crippen molar-refractivity contribution in [3.05, 3.63) is 69.2 Å². The summed E-state index contributed by atoms with van der Waals surface area (Å²) in [6, 6.07) is 12.7. The summed E-state index contributed by atoms with van der Waals surface area (Å²) in [5.74, 6) is -0.264. The second kappa shape index (κ2) is 7.37. The molecule has 0 fully saturated rings. The molecule has 0 saturated heterocycles. The van der Waals surface area contributed by atoms with Crippen LogP contribution in [0.25, 0.3) is 0 Å². The summed E-state index contributed by atoms with van der Waals surface area (Å²) in [5, 5.41) is 5.17. The molecule has 126 valence electrons. The molecule has 24 heavy (non-hydrogen) atoms. The quantitative estimate of drug-likeness (QED) is 0.572. The average Bonchev–Trinajstić information content (AvgIpc) is 2.51. The summed E-state index contributed by atoms with van der Waals surface area (Å²) < 4.78 is 0. The van der Waals surface area contributed by atoms with Crippen LogP contribution in [0.2, 0.25) is 10.0 Å². The summed E-state index contributed by atoms with van der Waals surface area (Å²) in [4.78, 5) is 12.2. The predicted molar refractivity (Wildman–Crippen MR) is 101 cm³/mol. The van der Waals surface area contributed by atoms with E-state index < -0.39 is 0 Å². The maximum Gasteiger partial charge on any atom is 0.271 e. The van der Waals surface area contributed by atoms with Crippen molar-refractivity contribution in [1.29, 1.82) is 0 Å². The molecule has 5 heteroatoms. The highest BCUT2D eigenvalue weighted by molar-refractivity contribution is 6.37. The van der Waals surface area contributed by atoms with Crippen LogP contribution in [0.1, 0.15) is 49.2 Å². The van der Waals surface area contributed by atoms with Crippen LogP contribution in [-0.2, 0) is 5.41 Å². The zero-order valence-corrected chi connectivity index (χ0v) is 15.7. The second-order valence-corrected chi connectivity index (χ2v) is 7.43. The van der Waals surface area contributed by atoms with Gasteiger partial charge in [0.2, 0.25) is 0 Å². The summed E-state index contributed by atoms with van der Waals surface area (Å²) in [7, 11) is 0. The number of amides is 1. The van der Waals surface area contributed by atoms with Crippen molar-refractivity contribution in [2.75, 3.05) is 0 Å². The van der Waals surface area contributed by atoms with Crippen molar-refractivity contribution < 1.29 is 4.79 Å². The third-order valence-electron chi connectivity index (χ3n) is 3.66. The molecule has 0 atom stereocenters. The van der Waals surface area contributed by atoms with Gasteiger partial charge in [-0.05, 0) is 42.2 Å². The summed E-state index contributed by atoms with van der Waals surface area (Å²) in [6.45, 7) is 8.17. The van der Waals surface area contributed by atoms with E-state index in [0.29, 0.717) is 21.3 Å². The normalized spacial score (nSPS) is 12.2. The van der Waals surface area contributed by atoms with Crippen LogP contribution >= 0.6 is 23.2 Å². The van der Waals surface area contributed by atoms with Gasteiger partial charge in [-0.1, -0.05) is 62.2 Å². The van der Waals surface area contributed by atoms with Gasteiger partial charge in [-0.15, -0.1) is 0 Å². The van der Waals surface area contributed by atoms with E-state index >= 15 is 0 Å². The lowest BCUT2D eigenvalue weighted by atomic mass is 9.87. The number of carbonyl (C=O) groups excluding carboxylic acids is 1. The monoisotopic (exact) mass is 362 g/mol. The molecular weight excluding hydrogens is 343 g/mol. The molecule has 0 saturated carbocycles. The molecule has 0 aromatic heterocycles. The zero-order valence-electron chi connectivity index (χ0n) is 14.2. The fourth-order valence-electron chi connectivity index (χ4n) is 2.16. The fraction of sp³-hybridized carbons (Fsp3) is 0.263. The third-order valence-corrected chi connectivity index (χ3v) is 4.21. The lowest BCUT2D eigenvalue weighted by Crippen LogP contribution is -2.20. The van der Waals surface area contributed by atoms with Crippen molar-refractivity contribution in [1.82, 2.24) is 5.43 Å². The topological polar surface area (TPSA) is 41.5 Å². The molecule has 0 aliphatic rings. The van der Waals surface area contributed by atoms with Crippen molar-refractivity contribution in [2.24, 2.45) is 5.10 Å². The SMILES string of the molecule is C/C(=N/NC(=O)c1ccc(C(C)(C)C)cc1)c1ccc(Cl)cc1Cl. The van der Waals surface area contributed by atoms with Gasteiger partial charge in [0.05, 0.1) is 10.7 Å². The van der Waals surface area contributed by atoms with Gasteiger partial charge < -0.3 is 0 Å². The number of nitrogens with one attached hydrogen (secondary N) is 1. The Labute approximate surface area is 152 Å². The van der Waals surface area contributed by atoms with Crippen LogP contribution in [0.3, 0.4) is 0 Å². The Hall–Kier alpha value is -1.84. The van der Waals surface area contributed by atoms with E-state index in [1.165, 1.54) is 5.56 Å². The first kappa shape index (κ1) is 18.5. The van der Waals surface area contributed by atoms with E-state index in [9.17, 15) is 4.79 Å². The van der Waals surface area contributed by atoms with Gasteiger partial charge in [-0.25, -0.2) is 5.43 Å². The molecule has 0 unspecified atom stereocenters. The van der Waals surface area contributed by atoms with Crippen molar-refractivity contribution in [3.63, 3.8) is 0 Å². The lowest BCUT2D eigenvalue weighted by molar-refractivity contribution is 0.0955. The number of carbonyl (C=O) groups is 1. The first-order chi connectivity index (χ1) is 11.2. The zero-order chi connectivity index (χ0) is 17.9. The highest BCUT2D eigenvalue weighted by atomic mass is 35.5. The first-order valence-corrected chi connectivity index (χ1v) is 8.34. The lowest BCUT2D eigenvalue weighted by Gasteiger charge is -2.18. The molecule has 0 radical (unpaired) electrons. The highest BCUT2D eigenvalue weighted by Gasteiger charge is 2.14. The molecule has 2 rings (SSSR count). The summed E-state index contributed by atoms with van der Waals surface area (Å²) in [6.07, 6.45) is 0. The maximum absolute atomic E-state index is 12.2. The van der Waals surface area contributed by atoms with E-state index in [4.69, 9.17) is 23.2 Å². The summed E-state index contributed by atoms with van der Waals surface area (Å²) >= 11 is 12.0. The molecule has 0 heterocycles. The molecule has 0 aliphatic carbocycles. The van der Waals surface area contributed by atoms with Gasteiger partial charge in [0.25, 0.3) is 5.91 Å².